The monoisotopic (exact) mass is 448 g/mol. The standard InChI is InChI=1S/C22H20N6O3S/c1-2-16(29)25-13-6-3-7-14(13)26-20(30)19-18-17-15(8-10-24-21(17)32-19)28(22(31)27-18)12-5-4-9-23-11-12/h2,4-5,8-11,13-14H,1,3,6-7H2,(H,25,29)(H,26,30)(H,27,31)/t13-,14+/m1/s1. The van der Waals surface area contributed by atoms with Gasteiger partial charge in [0.05, 0.1) is 28.6 Å². The van der Waals surface area contributed by atoms with E-state index < -0.39 is 0 Å². The van der Waals surface area contributed by atoms with Crippen molar-refractivity contribution in [3.05, 3.63) is 54.3 Å². The molecular formula is C22H20N6O3S. The number of pyridine rings is 2. The van der Waals surface area contributed by atoms with Crippen molar-refractivity contribution in [2.45, 2.75) is 31.3 Å². The van der Waals surface area contributed by atoms with Gasteiger partial charge in [-0.15, -0.1) is 11.3 Å². The van der Waals surface area contributed by atoms with Crippen LogP contribution < -0.4 is 20.9 Å². The van der Waals surface area contributed by atoms with Crippen molar-refractivity contribution in [1.29, 1.82) is 0 Å². The third-order valence-electron chi connectivity index (χ3n) is 5.70. The maximum absolute atomic E-state index is 13.2. The third kappa shape index (κ3) is 3.38. The summed E-state index contributed by atoms with van der Waals surface area (Å²) in [6.07, 6.45) is 8.54. The van der Waals surface area contributed by atoms with Gasteiger partial charge in [0.1, 0.15) is 9.71 Å². The lowest BCUT2D eigenvalue weighted by Gasteiger charge is -2.28. The van der Waals surface area contributed by atoms with Gasteiger partial charge in [-0.05, 0) is 43.5 Å². The third-order valence-corrected chi connectivity index (χ3v) is 6.80. The van der Waals surface area contributed by atoms with E-state index in [-0.39, 0.29) is 29.9 Å². The molecule has 0 aromatic carbocycles. The topological polar surface area (TPSA) is 116 Å². The highest BCUT2D eigenvalue weighted by Crippen LogP contribution is 2.45. The Balaban J connectivity index is 1.48. The zero-order valence-electron chi connectivity index (χ0n) is 17.0. The number of carbonyl (C=O) groups excluding carboxylic acids is 3. The molecule has 0 bridgehead atoms. The van der Waals surface area contributed by atoms with Gasteiger partial charge < -0.3 is 16.0 Å². The van der Waals surface area contributed by atoms with Gasteiger partial charge in [-0.2, -0.15) is 0 Å². The highest BCUT2D eigenvalue weighted by Gasteiger charge is 2.35. The van der Waals surface area contributed by atoms with Crippen molar-refractivity contribution >= 4 is 56.5 Å². The minimum Gasteiger partial charge on any atom is -0.348 e. The maximum Gasteiger partial charge on any atom is 0.331 e. The fourth-order valence-electron chi connectivity index (χ4n) is 4.27. The largest absolute Gasteiger partial charge is 0.348 e. The highest BCUT2D eigenvalue weighted by molar-refractivity contribution is 7.21. The van der Waals surface area contributed by atoms with Gasteiger partial charge in [-0.25, -0.2) is 9.78 Å². The smallest absolute Gasteiger partial charge is 0.331 e. The van der Waals surface area contributed by atoms with Crippen LogP contribution in [0.15, 0.2) is 49.4 Å². The van der Waals surface area contributed by atoms with Crippen LogP contribution >= 0.6 is 11.3 Å². The molecule has 1 aliphatic heterocycles. The molecular weight excluding hydrogens is 428 g/mol. The summed E-state index contributed by atoms with van der Waals surface area (Å²) in [6, 6.07) is 4.58. The molecule has 0 saturated heterocycles. The van der Waals surface area contributed by atoms with E-state index in [1.165, 1.54) is 22.3 Å². The summed E-state index contributed by atoms with van der Waals surface area (Å²) in [7, 11) is 0. The molecule has 0 radical (unpaired) electrons. The SMILES string of the molecule is C=CC(=O)N[C@@H]1CCC[C@@H]1NC(=O)c1sc2nccc3c2c1NC(=O)N3c1cccnc1. The molecule has 1 saturated carbocycles. The first kappa shape index (κ1) is 20.1. The van der Waals surface area contributed by atoms with Gasteiger partial charge >= 0.3 is 6.03 Å². The lowest BCUT2D eigenvalue weighted by Crippen LogP contribution is -2.48. The Morgan fingerprint density at radius 2 is 2.03 bits per heavy atom. The summed E-state index contributed by atoms with van der Waals surface area (Å²) >= 11 is 1.23. The van der Waals surface area contributed by atoms with Crippen LogP contribution in [0.4, 0.5) is 21.9 Å². The van der Waals surface area contributed by atoms with E-state index in [1.807, 2.05) is 0 Å². The van der Waals surface area contributed by atoms with Crippen LogP contribution in [0, 0.1) is 0 Å². The van der Waals surface area contributed by atoms with Crippen LogP contribution in [-0.4, -0.2) is 39.9 Å². The summed E-state index contributed by atoms with van der Waals surface area (Å²) in [4.78, 5) is 49.0. The maximum atomic E-state index is 13.2. The minimum absolute atomic E-state index is 0.153. The number of aromatic nitrogens is 2. The van der Waals surface area contributed by atoms with E-state index in [2.05, 4.69) is 32.5 Å². The number of carbonyl (C=O) groups is 3. The average molecular weight is 449 g/mol. The van der Waals surface area contributed by atoms with Gasteiger partial charge in [-0.3, -0.25) is 19.5 Å². The van der Waals surface area contributed by atoms with Crippen LogP contribution in [0.5, 0.6) is 0 Å². The minimum atomic E-state index is -0.373. The van der Waals surface area contributed by atoms with Crippen molar-refractivity contribution in [1.82, 2.24) is 20.6 Å². The molecule has 162 valence electrons. The Morgan fingerprint density at radius 1 is 1.22 bits per heavy atom. The Bertz CT molecular complexity index is 1240. The Morgan fingerprint density at radius 3 is 2.78 bits per heavy atom. The van der Waals surface area contributed by atoms with Crippen molar-refractivity contribution < 1.29 is 14.4 Å². The molecule has 1 aliphatic carbocycles. The molecule has 2 aliphatic rings. The number of anilines is 3. The van der Waals surface area contributed by atoms with Crippen molar-refractivity contribution in [3.8, 4) is 0 Å². The van der Waals surface area contributed by atoms with E-state index >= 15 is 0 Å². The van der Waals surface area contributed by atoms with E-state index in [0.717, 1.165) is 19.3 Å². The van der Waals surface area contributed by atoms with E-state index in [1.54, 1.807) is 36.8 Å². The number of nitrogens with zero attached hydrogens (tertiary/aromatic N) is 3. The second-order valence-corrected chi connectivity index (χ2v) is 8.62. The molecule has 32 heavy (non-hydrogen) atoms. The normalized spacial score (nSPS) is 19.5. The molecule has 2 atom stereocenters. The molecule has 4 amide bonds. The number of rotatable bonds is 5. The Kier molecular flexibility index (Phi) is 5.06. The summed E-state index contributed by atoms with van der Waals surface area (Å²) in [5.41, 5.74) is 1.72. The first-order chi connectivity index (χ1) is 15.6. The molecule has 1 fully saturated rings. The molecule has 0 spiro atoms. The second kappa shape index (κ2) is 8.04. The number of urea groups is 1. The molecule has 4 heterocycles. The highest BCUT2D eigenvalue weighted by atomic mass is 32.1. The molecule has 3 aromatic heterocycles. The van der Waals surface area contributed by atoms with Gasteiger partial charge in [-0.1, -0.05) is 6.58 Å². The predicted octanol–water partition coefficient (Wildman–Crippen LogP) is 3.33. The fourth-order valence-corrected chi connectivity index (χ4v) is 5.29. The van der Waals surface area contributed by atoms with Crippen LogP contribution in [-0.2, 0) is 4.79 Å². The number of hydrogen-bond donors (Lipinski definition) is 3. The molecule has 5 rings (SSSR count). The molecule has 3 aromatic rings. The van der Waals surface area contributed by atoms with Crippen LogP contribution in [0.1, 0.15) is 28.9 Å². The summed E-state index contributed by atoms with van der Waals surface area (Å²) in [6.45, 7) is 3.48. The second-order valence-electron chi connectivity index (χ2n) is 7.62. The Hall–Kier alpha value is -3.79. The summed E-state index contributed by atoms with van der Waals surface area (Å²) < 4.78 is 0. The lowest BCUT2D eigenvalue weighted by molar-refractivity contribution is -0.117. The molecule has 10 heteroatoms. The first-order valence-corrected chi connectivity index (χ1v) is 11.0. The fraction of sp³-hybridized carbons (Fsp3) is 0.227. The average Bonchev–Trinajstić information content (AvgIpc) is 3.39. The number of amides is 4. The van der Waals surface area contributed by atoms with Crippen molar-refractivity contribution in [2.75, 3.05) is 10.2 Å². The summed E-state index contributed by atoms with van der Waals surface area (Å²) in [5.74, 6) is -0.557. The summed E-state index contributed by atoms with van der Waals surface area (Å²) in [5, 5.41) is 9.49. The quantitative estimate of drug-likeness (QED) is 0.518. The molecule has 0 unspecified atom stereocenters. The zero-order chi connectivity index (χ0) is 22.2. The van der Waals surface area contributed by atoms with Gasteiger partial charge in [0.2, 0.25) is 5.91 Å². The van der Waals surface area contributed by atoms with Crippen LogP contribution in [0.2, 0.25) is 0 Å². The van der Waals surface area contributed by atoms with Crippen LogP contribution in [0.25, 0.3) is 10.2 Å². The van der Waals surface area contributed by atoms with Crippen molar-refractivity contribution in [3.63, 3.8) is 0 Å². The van der Waals surface area contributed by atoms with Crippen molar-refractivity contribution in [2.24, 2.45) is 0 Å². The van der Waals surface area contributed by atoms with E-state index in [4.69, 9.17) is 0 Å². The molecule has 9 nitrogen and oxygen atoms in total. The number of nitrogens with one attached hydrogen (secondary N) is 3. The van der Waals surface area contributed by atoms with Gasteiger partial charge in [0.15, 0.2) is 0 Å². The predicted molar refractivity (Wildman–Crippen MR) is 122 cm³/mol. The first-order valence-electron chi connectivity index (χ1n) is 10.2. The van der Waals surface area contributed by atoms with E-state index in [9.17, 15) is 14.4 Å². The number of thiophene rings is 1. The Labute approximate surface area is 187 Å². The van der Waals surface area contributed by atoms with Crippen LogP contribution in [0.3, 0.4) is 0 Å². The zero-order valence-corrected chi connectivity index (χ0v) is 17.8. The lowest BCUT2D eigenvalue weighted by atomic mass is 10.1. The van der Waals surface area contributed by atoms with E-state index in [0.29, 0.717) is 32.2 Å². The van der Waals surface area contributed by atoms with Gasteiger partial charge in [0.25, 0.3) is 5.91 Å². The number of hydrogen-bond acceptors (Lipinski definition) is 6. The molecule has 3 N–H and O–H groups in total. The van der Waals surface area contributed by atoms with Gasteiger partial charge in [0, 0.05) is 24.5 Å².